The number of hydrogen-bond donors (Lipinski definition) is 2. The second kappa shape index (κ2) is 8.23. The number of carbonyl (C=O) groups is 1. The number of rotatable bonds is 7. The largest absolute Gasteiger partial charge is 0.356 e. The molecule has 4 heteroatoms. The molecule has 1 fully saturated rings. The molecule has 3 nitrogen and oxygen atoms in total. The molecule has 1 atom stereocenters. The Labute approximate surface area is 119 Å². The fraction of sp³-hybridized carbons (Fsp3) is 0.533. The molecule has 0 saturated carbocycles. The van der Waals surface area contributed by atoms with Crippen molar-refractivity contribution in [3.63, 3.8) is 0 Å². The van der Waals surface area contributed by atoms with Crippen molar-refractivity contribution >= 4 is 17.7 Å². The Morgan fingerprint density at radius 1 is 1.37 bits per heavy atom. The highest BCUT2D eigenvalue weighted by Crippen LogP contribution is 2.12. The summed E-state index contributed by atoms with van der Waals surface area (Å²) in [6.45, 7) is 2.62. The predicted molar refractivity (Wildman–Crippen MR) is 81.2 cm³/mol. The number of nitrogens with one attached hydrogen (secondary N) is 2. The third-order valence-electron chi connectivity index (χ3n) is 3.31. The van der Waals surface area contributed by atoms with Gasteiger partial charge in [0.25, 0.3) is 0 Å². The van der Waals surface area contributed by atoms with Crippen LogP contribution in [0.4, 0.5) is 0 Å². The van der Waals surface area contributed by atoms with Crippen molar-refractivity contribution in [2.45, 2.75) is 18.6 Å². The average molecular weight is 278 g/mol. The lowest BCUT2D eigenvalue weighted by molar-refractivity contribution is -0.124. The molecule has 0 unspecified atom stereocenters. The first-order chi connectivity index (χ1) is 9.36. The molecule has 1 aliphatic rings. The van der Waals surface area contributed by atoms with Crippen LogP contribution in [-0.2, 0) is 10.5 Å². The summed E-state index contributed by atoms with van der Waals surface area (Å²) < 4.78 is 0. The highest BCUT2D eigenvalue weighted by molar-refractivity contribution is 7.98. The smallest absolute Gasteiger partial charge is 0.224 e. The van der Waals surface area contributed by atoms with Gasteiger partial charge in [0, 0.05) is 18.8 Å². The fourth-order valence-corrected chi connectivity index (χ4v) is 3.09. The van der Waals surface area contributed by atoms with Crippen molar-refractivity contribution in [2.24, 2.45) is 5.92 Å². The van der Waals surface area contributed by atoms with Gasteiger partial charge in [0.05, 0.1) is 5.92 Å². The normalized spacial score (nSPS) is 18.4. The monoisotopic (exact) mass is 278 g/mol. The van der Waals surface area contributed by atoms with E-state index in [2.05, 4.69) is 34.9 Å². The van der Waals surface area contributed by atoms with Crippen molar-refractivity contribution in [1.82, 2.24) is 10.6 Å². The summed E-state index contributed by atoms with van der Waals surface area (Å²) in [5, 5.41) is 6.25. The Bertz CT molecular complexity index is 377. The molecule has 1 aromatic rings. The Kier molecular flexibility index (Phi) is 6.24. The van der Waals surface area contributed by atoms with Gasteiger partial charge in [0.15, 0.2) is 0 Å². The molecule has 19 heavy (non-hydrogen) atoms. The van der Waals surface area contributed by atoms with E-state index >= 15 is 0 Å². The van der Waals surface area contributed by atoms with E-state index in [9.17, 15) is 4.79 Å². The van der Waals surface area contributed by atoms with Crippen LogP contribution in [0.5, 0.6) is 0 Å². The van der Waals surface area contributed by atoms with Gasteiger partial charge in [-0.3, -0.25) is 4.79 Å². The van der Waals surface area contributed by atoms with Crippen LogP contribution in [0.1, 0.15) is 18.4 Å². The second-order valence-electron chi connectivity index (χ2n) is 4.87. The Morgan fingerprint density at radius 3 is 2.95 bits per heavy atom. The van der Waals surface area contributed by atoms with Crippen molar-refractivity contribution in [1.29, 1.82) is 0 Å². The zero-order valence-corrected chi connectivity index (χ0v) is 12.0. The molecule has 2 rings (SSSR count). The molecular weight excluding hydrogens is 256 g/mol. The van der Waals surface area contributed by atoms with Crippen LogP contribution in [0.15, 0.2) is 30.3 Å². The molecule has 1 aliphatic heterocycles. The van der Waals surface area contributed by atoms with Crippen LogP contribution in [-0.4, -0.2) is 31.3 Å². The second-order valence-corrected chi connectivity index (χ2v) is 5.98. The molecule has 1 saturated heterocycles. The van der Waals surface area contributed by atoms with Crippen molar-refractivity contribution in [2.75, 3.05) is 25.4 Å². The Balaban J connectivity index is 1.49. The van der Waals surface area contributed by atoms with E-state index in [1.165, 1.54) is 5.56 Å². The lowest BCUT2D eigenvalue weighted by atomic mass is 10.1. The van der Waals surface area contributed by atoms with Gasteiger partial charge in [-0.05, 0) is 30.7 Å². The highest BCUT2D eigenvalue weighted by atomic mass is 32.2. The van der Waals surface area contributed by atoms with Crippen molar-refractivity contribution in [3.8, 4) is 0 Å². The third kappa shape index (κ3) is 5.25. The molecular formula is C15H22N2OS. The number of thioether (sulfide) groups is 1. The minimum absolute atomic E-state index is 0.192. The van der Waals surface area contributed by atoms with Crippen LogP contribution in [0.25, 0.3) is 0 Å². The first-order valence-electron chi connectivity index (χ1n) is 6.96. The summed E-state index contributed by atoms with van der Waals surface area (Å²) >= 11 is 1.93. The standard InChI is InChI=1S/C15H22N2OS/c18-15(14-7-9-16-11-14)17-8-4-10-19-12-13-5-2-1-3-6-13/h1-3,5-6,14,16H,4,7-12H2,(H,17,18)/t14-/m1/s1. The van der Waals surface area contributed by atoms with Gasteiger partial charge in [-0.25, -0.2) is 0 Å². The first kappa shape index (κ1) is 14.4. The van der Waals surface area contributed by atoms with Gasteiger partial charge in [0.1, 0.15) is 0 Å². The molecule has 1 heterocycles. The molecule has 104 valence electrons. The quantitative estimate of drug-likeness (QED) is 0.750. The fourth-order valence-electron chi connectivity index (χ4n) is 2.17. The molecule has 1 aromatic carbocycles. The van der Waals surface area contributed by atoms with E-state index in [0.29, 0.717) is 0 Å². The van der Waals surface area contributed by atoms with E-state index < -0.39 is 0 Å². The maximum Gasteiger partial charge on any atom is 0.224 e. The molecule has 1 amide bonds. The van der Waals surface area contributed by atoms with Crippen LogP contribution in [0.2, 0.25) is 0 Å². The summed E-state index contributed by atoms with van der Waals surface area (Å²) in [7, 11) is 0. The van der Waals surface area contributed by atoms with Crippen molar-refractivity contribution < 1.29 is 4.79 Å². The van der Waals surface area contributed by atoms with E-state index in [4.69, 9.17) is 0 Å². The van der Waals surface area contributed by atoms with E-state index in [1.54, 1.807) is 0 Å². The maximum absolute atomic E-state index is 11.7. The summed E-state index contributed by atoms with van der Waals surface area (Å²) in [5.74, 6) is 2.56. The number of benzene rings is 1. The average Bonchev–Trinajstić information content (AvgIpc) is 2.98. The van der Waals surface area contributed by atoms with Gasteiger partial charge in [0.2, 0.25) is 5.91 Å². The molecule has 2 N–H and O–H groups in total. The zero-order valence-electron chi connectivity index (χ0n) is 11.2. The summed E-state index contributed by atoms with van der Waals surface area (Å²) in [6.07, 6.45) is 2.03. The lowest BCUT2D eigenvalue weighted by Crippen LogP contribution is -2.32. The van der Waals surface area contributed by atoms with Gasteiger partial charge >= 0.3 is 0 Å². The maximum atomic E-state index is 11.7. The topological polar surface area (TPSA) is 41.1 Å². The third-order valence-corrected chi connectivity index (χ3v) is 4.42. The molecule has 0 aliphatic carbocycles. The summed E-state index contributed by atoms with van der Waals surface area (Å²) in [4.78, 5) is 11.7. The number of carbonyl (C=O) groups excluding carboxylic acids is 1. The van der Waals surface area contributed by atoms with Crippen molar-refractivity contribution in [3.05, 3.63) is 35.9 Å². The minimum atomic E-state index is 0.192. The first-order valence-corrected chi connectivity index (χ1v) is 8.12. The zero-order chi connectivity index (χ0) is 13.3. The minimum Gasteiger partial charge on any atom is -0.356 e. The molecule has 0 bridgehead atoms. The lowest BCUT2D eigenvalue weighted by Gasteiger charge is -2.09. The Hall–Kier alpha value is -1.00. The number of hydrogen-bond acceptors (Lipinski definition) is 3. The Morgan fingerprint density at radius 2 is 2.21 bits per heavy atom. The highest BCUT2D eigenvalue weighted by Gasteiger charge is 2.21. The van der Waals surface area contributed by atoms with Crippen LogP contribution in [0, 0.1) is 5.92 Å². The SMILES string of the molecule is O=C(NCCCSCc1ccccc1)[C@@H]1CCNC1. The van der Waals surface area contributed by atoms with Gasteiger partial charge in [-0.1, -0.05) is 30.3 Å². The molecule has 0 aromatic heterocycles. The van der Waals surface area contributed by atoms with Gasteiger partial charge in [-0.15, -0.1) is 0 Å². The molecule has 0 radical (unpaired) electrons. The summed E-state index contributed by atoms with van der Waals surface area (Å²) in [5.41, 5.74) is 1.37. The van der Waals surface area contributed by atoms with Crippen LogP contribution >= 0.6 is 11.8 Å². The van der Waals surface area contributed by atoms with E-state index in [1.807, 2.05) is 17.8 Å². The summed E-state index contributed by atoms with van der Waals surface area (Å²) in [6, 6.07) is 10.5. The van der Waals surface area contributed by atoms with Crippen LogP contribution < -0.4 is 10.6 Å². The van der Waals surface area contributed by atoms with Gasteiger partial charge < -0.3 is 10.6 Å². The number of amides is 1. The van der Waals surface area contributed by atoms with E-state index in [0.717, 1.165) is 44.0 Å². The van der Waals surface area contributed by atoms with Gasteiger partial charge in [-0.2, -0.15) is 11.8 Å². The molecule has 0 spiro atoms. The predicted octanol–water partition coefficient (Wildman–Crippen LogP) is 2.04. The van der Waals surface area contributed by atoms with Crippen LogP contribution in [0.3, 0.4) is 0 Å². The van der Waals surface area contributed by atoms with E-state index in [-0.39, 0.29) is 11.8 Å².